The lowest BCUT2D eigenvalue weighted by Crippen LogP contribution is -2.42. The minimum Gasteiger partial charge on any atom is -0.444 e. The molecule has 1 N–H and O–H groups in total. The Hall–Kier alpha value is -1.71. The second-order valence-electron chi connectivity index (χ2n) is 6.89. The summed E-state index contributed by atoms with van der Waals surface area (Å²) in [5.74, 6) is 0. The number of carbonyl (C=O) groups is 1. The number of fused-ring (bicyclic) bond motifs is 1. The molecule has 4 nitrogen and oxygen atoms in total. The predicted octanol–water partition coefficient (Wildman–Crippen LogP) is 3.03. The van der Waals surface area contributed by atoms with Crippen LogP contribution in [0.15, 0.2) is 24.3 Å². The summed E-state index contributed by atoms with van der Waals surface area (Å²) in [4.78, 5) is 14.0. The first kappa shape index (κ1) is 13.3. The van der Waals surface area contributed by atoms with E-state index in [0.717, 1.165) is 25.9 Å². The zero-order valence-corrected chi connectivity index (χ0v) is 12.4. The smallest absolute Gasteiger partial charge is 0.410 e. The number of nitrogens with zero attached hydrogens (tertiary/aromatic N) is 1. The molecule has 1 aromatic carbocycles. The SMILES string of the molecule is CC(C)(C)OC(=O)N1CC[C@]2(Cc3ccccc3N2)C1. The zero-order chi connectivity index (χ0) is 14.4. The Morgan fingerprint density at radius 3 is 2.80 bits per heavy atom. The number of hydrogen-bond acceptors (Lipinski definition) is 3. The van der Waals surface area contributed by atoms with E-state index >= 15 is 0 Å². The Labute approximate surface area is 120 Å². The van der Waals surface area contributed by atoms with Gasteiger partial charge in [-0.05, 0) is 45.2 Å². The molecular weight excluding hydrogens is 252 g/mol. The molecule has 1 amide bonds. The third-order valence-electron chi connectivity index (χ3n) is 3.95. The molecule has 0 aliphatic carbocycles. The Kier molecular flexibility index (Phi) is 2.92. The third-order valence-corrected chi connectivity index (χ3v) is 3.95. The molecule has 0 aromatic heterocycles. The second kappa shape index (κ2) is 4.40. The van der Waals surface area contributed by atoms with Crippen molar-refractivity contribution in [3.63, 3.8) is 0 Å². The van der Waals surface area contributed by atoms with Gasteiger partial charge in [-0.15, -0.1) is 0 Å². The number of rotatable bonds is 0. The van der Waals surface area contributed by atoms with Crippen LogP contribution in [0.1, 0.15) is 32.8 Å². The van der Waals surface area contributed by atoms with Crippen LogP contribution in [-0.4, -0.2) is 35.2 Å². The number of benzene rings is 1. The largest absolute Gasteiger partial charge is 0.444 e. The molecule has 1 atom stereocenters. The van der Waals surface area contributed by atoms with E-state index in [2.05, 4.69) is 23.5 Å². The quantitative estimate of drug-likeness (QED) is 0.790. The van der Waals surface area contributed by atoms with Crippen LogP contribution in [0.25, 0.3) is 0 Å². The molecule has 1 saturated heterocycles. The number of nitrogens with one attached hydrogen (secondary N) is 1. The standard InChI is InChI=1S/C16H22N2O2/c1-15(2,3)20-14(19)18-9-8-16(11-18)10-12-6-4-5-7-13(12)17-16/h4-7,17H,8-11H2,1-3H3/t16-/m0/s1. The van der Waals surface area contributed by atoms with E-state index in [0.29, 0.717) is 0 Å². The summed E-state index contributed by atoms with van der Waals surface area (Å²) >= 11 is 0. The summed E-state index contributed by atoms with van der Waals surface area (Å²) in [5.41, 5.74) is 2.12. The highest BCUT2D eigenvalue weighted by atomic mass is 16.6. The molecular formula is C16H22N2O2. The molecule has 0 bridgehead atoms. The van der Waals surface area contributed by atoms with E-state index in [4.69, 9.17) is 4.74 Å². The summed E-state index contributed by atoms with van der Waals surface area (Å²) in [6.45, 7) is 7.19. The predicted molar refractivity (Wildman–Crippen MR) is 78.9 cm³/mol. The Bertz CT molecular complexity index is 509. The average Bonchev–Trinajstić information content (AvgIpc) is 2.90. The summed E-state index contributed by atoms with van der Waals surface area (Å²) in [5, 5.41) is 3.61. The van der Waals surface area contributed by atoms with Crippen LogP contribution in [0.2, 0.25) is 0 Å². The van der Waals surface area contributed by atoms with E-state index in [9.17, 15) is 4.79 Å². The van der Waals surface area contributed by atoms with Gasteiger partial charge in [0.1, 0.15) is 5.60 Å². The van der Waals surface area contributed by atoms with Crippen molar-refractivity contribution in [2.45, 2.75) is 44.8 Å². The molecule has 4 heteroatoms. The fraction of sp³-hybridized carbons (Fsp3) is 0.562. The Morgan fingerprint density at radius 2 is 2.10 bits per heavy atom. The van der Waals surface area contributed by atoms with Gasteiger partial charge < -0.3 is 15.0 Å². The van der Waals surface area contributed by atoms with Gasteiger partial charge in [-0.3, -0.25) is 0 Å². The van der Waals surface area contributed by atoms with Gasteiger partial charge in [0.05, 0.1) is 5.54 Å². The van der Waals surface area contributed by atoms with Crippen molar-refractivity contribution in [1.29, 1.82) is 0 Å². The maximum absolute atomic E-state index is 12.1. The van der Waals surface area contributed by atoms with Crippen molar-refractivity contribution in [1.82, 2.24) is 4.90 Å². The van der Waals surface area contributed by atoms with Crippen molar-refractivity contribution in [3.05, 3.63) is 29.8 Å². The number of anilines is 1. The van der Waals surface area contributed by atoms with Gasteiger partial charge in [0.2, 0.25) is 0 Å². The molecule has 2 aliphatic heterocycles. The van der Waals surface area contributed by atoms with Crippen LogP contribution >= 0.6 is 0 Å². The van der Waals surface area contributed by atoms with Gasteiger partial charge in [0.25, 0.3) is 0 Å². The van der Waals surface area contributed by atoms with Crippen LogP contribution in [0, 0.1) is 0 Å². The average molecular weight is 274 g/mol. The lowest BCUT2D eigenvalue weighted by Gasteiger charge is -2.27. The molecule has 20 heavy (non-hydrogen) atoms. The molecule has 108 valence electrons. The van der Waals surface area contributed by atoms with Gasteiger partial charge in [-0.25, -0.2) is 4.79 Å². The van der Waals surface area contributed by atoms with Gasteiger partial charge >= 0.3 is 6.09 Å². The molecule has 2 aliphatic rings. The first-order chi connectivity index (χ1) is 9.37. The van der Waals surface area contributed by atoms with Crippen LogP contribution in [0.5, 0.6) is 0 Å². The molecule has 1 aromatic rings. The van der Waals surface area contributed by atoms with Crippen LogP contribution in [0.4, 0.5) is 10.5 Å². The van der Waals surface area contributed by atoms with E-state index in [-0.39, 0.29) is 11.6 Å². The fourth-order valence-corrected chi connectivity index (χ4v) is 3.09. The van der Waals surface area contributed by atoms with Crippen LogP contribution in [-0.2, 0) is 11.2 Å². The Balaban J connectivity index is 1.68. The summed E-state index contributed by atoms with van der Waals surface area (Å²) < 4.78 is 5.46. The fourth-order valence-electron chi connectivity index (χ4n) is 3.09. The number of amides is 1. The number of hydrogen-bond donors (Lipinski definition) is 1. The Morgan fingerprint density at radius 1 is 1.35 bits per heavy atom. The zero-order valence-electron chi connectivity index (χ0n) is 12.4. The van der Waals surface area contributed by atoms with Gasteiger partial charge in [-0.1, -0.05) is 18.2 Å². The van der Waals surface area contributed by atoms with Crippen molar-refractivity contribution < 1.29 is 9.53 Å². The highest BCUT2D eigenvalue weighted by molar-refractivity contribution is 5.70. The maximum atomic E-state index is 12.1. The first-order valence-corrected chi connectivity index (χ1v) is 7.21. The second-order valence-corrected chi connectivity index (χ2v) is 6.89. The minimum atomic E-state index is -0.432. The van der Waals surface area contributed by atoms with E-state index in [1.807, 2.05) is 31.7 Å². The van der Waals surface area contributed by atoms with Crippen molar-refractivity contribution in [3.8, 4) is 0 Å². The van der Waals surface area contributed by atoms with Gasteiger partial charge in [0, 0.05) is 18.8 Å². The monoisotopic (exact) mass is 274 g/mol. The lowest BCUT2D eigenvalue weighted by molar-refractivity contribution is 0.0287. The van der Waals surface area contributed by atoms with E-state index < -0.39 is 5.60 Å². The normalized spacial score (nSPS) is 24.6. The molecule has 0 unspecified atom stereocenters. The molecule has 0 radical (unpaired) electrons. The summed E-state index contributed by atoms with van der Waals surface area (Å²) in [6, 6.07) is 8.39. The summed E-state index contributed by atoms with van der Waals surface area (Å²) in [7, 11) is 0. The first-order valence-electron chi connectivity index (χ1n) is 7.21. The van der Waals surface area contributed by atoms with Gasteiger partial charge in [0.15, 0.2) is 0 Å². The van der Waals surface area contributed by atoms with Crippen molar-refractivity contribution >= 4 is 11.8 Å². The van der Waals surface area contributed by atoms with Crippen LogP contribution < -0.4 is 5.32 Å². The maximum Gasteiger partial charge on any atom is 0.410 e. The minimum absolute atomic E-state index is 0.000586. The molecule has 1 fully saturated rings. The number of para-hydroxylation sites is 1. The molecule has 0 saturated carbocycles. The highest BCUT2D eigenvalue weighted by Crippen LogP contribution is 2.38. The number of carbonyl (C=O) groups excluding carboxylic acids is 1. The number of likely N-dealkylation sites (tertiary alicyclic amines) is 1. The van der Waals surface area contributed by atoms with Crippen molar-refractivity contribution in [2.75, 3.05) is 18.4 Å². The van der Waals surface area contributed by atoms with Crippen LogP contribution in [0.3, 0.4) is 0 Å². The lowest BCUT2D eigenvalue weighted by atomic mass is 9.94. The topological polar surface area (TPSA) is 41.6 Å². The third kappa shape index (κ3) is 2.47. The van der Waals surface area contributed by atoms with Gasteiger partial charge in [-0.2, -0.15) is 0 Å². The van der Waals surface area contributed by atoms with Crippen molar-refractivity contribution in [2.24, 2.45) is 0 Å². The number of ether oxygens (including phenoxy) is 1. The highest BCUT2D eigenvalue weighted by Gasteiger charge is 2.44. The molecule has 1 spiro atoms. The molecule has 2 heterocycles. The summed E-state index contributed by atoms with van der Waals surface area (Å²) in [6.07, 6.45) is 1.76. The van der Waals surface area contributed by atoms with E-state index in [1.165, 1.54) is 11.3 Å². The molecule has 3 rings (SSSR count). The van der Waals surface area contributed by atoms with E-state index in [1.54, 1.807) is 0 Å².